The van der Waals surface area contributed by atoms with Gasteiger partial charge in [0.05, 0.1) is 6.42 Å². The maximum atomic E-state index is 12.6. The van der Waals surface area contributed by atoms with Gasteiger partial charge in [-0.25, -0.2) is 4.79 Å². The molecule has 0 aliphatic carbocycles. The van der Waals surface area contributed by atoms with Crippen molar-refractivity contribution in [3.05, 3.63) is 35.4 Å². The number of alkyl carbamates (subject to hydrolysis) is 1. The van der Waals surface area contributed by atoms with E-state index in [4.69, 9.17) is 15.6 Å². The number of hydrogen-bond donors (Lipinski definition) is 4. The van der Waals surface area contributed by atoms with Crippen LogP contribution in [0, 0.1) is 11.8 Å². The molecular weight excluding hydrogens is 402 g/mol. The summed E-state index contributed by atoms with van der Waals surface area (Å²) in [5, 5.41) is 13.8. The molecule has 168 valence electrons. The third-order valence-electron chi connectivity index (χ3n) is 3.78. The van der Waals surface area contributed by atoms with Crippen molar-refractivity contribution >= 4 is 23.9 Å². The Balaban J connectivity index is 2.73. The zero-order valence-corrected chi connectivity index (χ0v) is 18.0. The van der Waals surface area contributed by atoms with Crippen LogP contribution in [0.15, 0.2) is 24.3 Å². The summed E-state index contributed by atoms with van der Waals surface area (Å²) in [4.78, 5) is 46.2. The quantitative estimate of drug-likeness (QED) is 0.437. The van der Waals surface area contributed by atoms with Crippen molar-refractivity contribution in [1.82, 2.24) is 10.6 Å². The van der Waals surface area contributed by atoms with Gasteiger partial charge in [0.15, 0.2) is 0 Å². The van der Waals surface area contributed by atoms with E-state index >= 15 is 0 Å². The number of nitrogens with two attached hydrogens (primary N) is 1. The summed E-state index contributed by atoms with van der Waals surface area (Å²) in [6, 6.07) is 6.13. The van der Waals surface area contributed by atoms with Crippen LogP contribution >= 0.6 is 0 Å². The molecule has 1 atom stereocenters. The molecule has 0 aliphatic rings. The maximum Gasteiger partial charge on any atom is 0.408 e. The first-order valence-electron chi connectivity index (χ1n) is 9.81. The molecular formula is C22H29N3O6. The predicted molar refractivity (Wildman–Crippen MR) is 114 cm³/mol. The summed E-state index contributed by atoms with van der Waals surface area (Å²) >= 11 is 0. The molecule has 0 heterocycles. The fourth-order valence-electron chi connectivity index (χ4n) is 2.41. The fourth-order valence-corrected chi connectivity index (χ4v) is 2.41. The lowest BCUT2D eigenvalue weighted by Gasteiger charge is -2.23. The Hall–Kier alpha value is -3.54. The molecule has 1 rings (SSSR count). The monoisotopic (exact) mass is 431 g/mol. The second kappa shape index (κ2) is 12.2. The lowest BCUT2D eigenvalue weighted by molar-refractivity contribution is -0.136. The molecule has 0 saturated carbocycles. The van der Waals surface area contributed by atoms with Crippen LogP contribution in [0.25, 0.3) is 0 Å². The first kappa shape index (κ1) is 25.5. The second-order valence-electron chi connectivity index (χ2n) is 7.82. The highest BCUT2D eigenvalue weighted by Crippen LogP contribution is 2.09. The van der Waals surface area contributed by atoms with E-state index in [9.17, 15) is 19.2 Å². The number of hydrogen-bond acceptors (Lipinski definition) is 5. The van der Waals surface area contributed by atoms with E-state index in [1.807, 2.05) is 0 Å². The van der Waals surface area contributed by atoms with Crippen LogP contribution < -0.4 is 16.4 Å². The Labute approximate surface area is 181 Å². The van der Waals surface area contributed by atoms with Gasteiger partial charge in [0, 0.05) is 24.9 Å². The lowest BCUT2D eigenvalue weighted by Crippen LogP contribution is -2.48. The minimum Gasteiger partial charge on any atom is -0.481 e. The number of carboxylic acids is 1. The van der Waals surface area contributed by atoms with Crippen molar-refractivity contribution in [2.45, 2.75) is 64.6 Å². The van der Waals surface area contributed by atoms with Gasteiger partial charge in [0.1, 0.15) is 11.6 Å². The maximum absolute atomic E-state index is 12.6. The molecule has 5 N–H and O–H groups in total. The number of carboxylic acid groups (broad SMARTS) is 1. The van der Waals surface area contributed by atoms with Gasteiger partial charge in [0.2, 0.25) is 11.8 Å². The van der Waals surface area contributed by atoms with Crippen LogP contribution in [0.2, 0.25) is 0 Å². The largest absolute Gasteiger partial charge is 0.481 e. The molecule has 0 fully saturated rings. The zero-order valence-electron chi connectivity index (χ0n) is 18.0. The van der Waals surface area contributed by atoms with Gasteiger partial charge in [-0.3, -0.25) is 14.4 Å². The lowest BCUT2D eigenvalue weighted by atomic mass is 10.1. The van der Waals surface area contributed by atoms with Crippen LogP contribution in [0.5, 0.6) is 0 Å². The summed E-state index contributed by atoms with van der Waals surface area (Å²) in [7, 11) is 0. The van der Waals surface area contributed by atoms with Crippen molar-refractivity contribution in [1.29, 1.82) is 0 Å². The molecule has 0 spiro atoms. The SMILES string of the molecule is CC(C)(C)OC(=O)N[C@@H](CCC(N)=O)C(=O)NCc1cccc(C#CCCC(=O)O)c1. The van der Waals surface area contributed by atoms with E-state index in [1.165, 1.54) is 0 Å². The van der Waals surface area contributed by atoms with Gasteiger partial charge < -0.3 is 26.2 Å². The van der Waals surface area contributed by atoms with E-state index in [0.29, 0.717) is 5.56 Å². The number of rotatable bonds is 9. The van der Waals surface area contributed by atoms with Crippen molar-refractivity contribution in [2.75, 3.05) is 0 Å². The smallest absolute Gasteiger partial charge is 0.408 e. The normalized spacial score (nSPS) is 11.5. The number of aliphatic carboxylic acids is 1. The predicted octanol–water partition coefficient (Wildman–Crippen LogP) is 1.68. The number of carbonyl (C=O) groups excluding carboxylic acids is 3. The van der Waals surface area contributed by atoms with E-state index in [-0.39, 0.29) is 32.2 Å². The minimum atomic E-state index is -0.985. The summed E-state index contributed by atoms with van der Waals surface area (Å²) < 4.78 is 5.17. The average molecular weight is 431 g/mol. The molecule has 0 aliphatic heterocycles. The molecule has 0 radical (unpaired) electrons. The summed E-state index contributed by atoms with van der Waals surface area (Å²) in [6.07, 6.45) is -0.588. The number of carbonyl (C=O) groups is 4. The van der Waals surface area contributed by atoms with Gasteiger partial charge in [-0.2, -0.15) is 0 Å². The zero-order chi connectivity index (χ0) is 23.4. The molecule has 1 aromatic carbocycles. The van der Waals surface area contributed by atoms with Crippen LogP contribution in [-0.2, 0) is 25.7 Å². The van der Waals surface area contributed by atoms with Crippen molar-refractivity contribution < 1.29 is 29.0 Å². The highest BCUT2D eigenvalue weighted by Gasteiger charge is 2.24. The van der Waals surface area contributed by atoms with Crippen LogP contribution in [0.1, 0.15) is 57.6 Å². The molecule has 31 heavy (non-hydrogen) atoms. The number of amides is 3. The van der Waals surface area contributed by atoms with E-state index in [1.54, 1.807) is 45.0 Å². The molecule has 1 aromatic rings. The molecule has 9 heteroatoms. The molecule has 0 aromatic heterocycles. The Morgan fingerprint density at radius 2 is 1.90 bits per heavy atom. The highest BCUT2D eigenvalue weighted by molar-refractivity contribution is 5.86. The molecule has 9 nitrogen and oxygen atoms in total. The third kappa shape index (κ3) is 11.9. The highest BCUT2D eigenvalue weighted by atomic mass is 16.6. The van der Waals surface area contributed by atoms with Gasteiger partial charge in [-0.05, 0) is 44.9 Å². The fraction of sp³-hybridized carbons (Fsp3) is 0.455. The average Bonchev–Trinajstić information content (AvgIpc) is 2.65. The Bertz CT molecular complexity index is 864. The van der Waals surface area contributed by atoms with Gasteiger partial charge in [-0.15, -0.1) is 0 Å². The Morgan fingerprint density at radius 1 is 1.19 bits per heavy atom. The third-order valence-corrected chi connectivity index (χ3v) is 3.78. The molecule has 3 amide bonds. The van der Waals surface area contributed by atoms with Gasteiger partial charge in [-0.1, -0.05) is 24.0 Å². The van der Waals surface area contributed by atoms with Crippen molar-refractivity contribution in [2.24, 2.45) is 5.73 Å². The number of nitrogens with one attached hydrogen (secondary N) is 2. The van der Waals surface area contributed by atoms with Crippen molar-refractivity contribution in [3.63, 3.8) is 0 Å². The molecule has 0 bridgehead atoms. The number of ether oxygens (including phenoxy) is 1. The number of primary amides is 1. The molecule has 0 saturated heterocycles. The summed E-state index contributed by atoms with van der Waals surface area (Å²) in [5.41, 5.74) is 5.88. The van der Waals surface area contributed by atoms with Gasteiger partial charge in [0.25, 0.3) is 0 Å². The Kier molecular flexibility index (Phi) is 10.1. The topological polar surface area (TPSA) is 148 Å². The first-order chi connectivity index (χ1) is 14.5. The first-order valence-corrected chi connectivity index (χ1v) is 9.81. The van der Waals surface area contributed by atoms with Crippen LogP contribution in [0.3, 0.4) is 0 Å². The van der Waals surface area contributed by atoms with E-state index in [0.717, 1.165) is 5.56 Å². The van der Waals surface area contributed by atoms with Crippen LogP contribution in [-0.4, -0.2) is 40.6 Å². The molecule has 0 unspecified atom stereocenters. The summed E-state index contributed by atoms with van der Waals surface area (Å²) in [5.74, 6) is 3.70. The van der Waals surface area contributed by atoms with Gasteiger partial charge >= 0.3 is 12.1 Å². The minimum absolute atomic E-state index is 0.0277. The standard InChI is InChI=1S/C22H29N3O6/c1-22(2,3)31-21(30)25-17(11-12-18(23)26)20(29)24-14-16-9-6-8-15(13-16)7-4-5-10-19(27)28/h6,8-9,13,17H,5,10-12,14H2,1-3H3,(H2,23,26)(H,24,29)(H,25,30)(H,27,28)/t17-/m0/s1. The van der Waals surface area contributed by atoms with E-state index in [2.05, 4.69) is 22.5 Å². The number of benzene rings is 1. The van der Waals surface area contributed by atoms with Crippen LogP contribution in [0.4, 0.5) is 4.79 Å². The van der Waals surface area contributed by atoms with E-state index < -0.39 is 35.5 Å². The second-order valence-corrected chi connectivity index (χ2v) is 7.82. The van der Waals surface area contributed by atoms with Crippen molar-refractivity contribution in [3.8, 4) is 11.8 Å². The Morgan fingerprint density at radius 3 is 2.52 bits per heavy atom. The summed E-state index contributed by atoms with van der Waals surface area (Å²) in [6.45, 7) is 5.26.